The van der Waals surface area contributed by atoms with Crippen molar-refractivity contribution in [3.63, 3.8) is 0 Å². The molecule has 0 saturated carbocycles. The van der Waals surface area contributed by atoms with Gasteiger partial charge in [-0.2, -0.15) is 0 Å². The minimum Gasteiger partial charge on any atom is -0.462 e. The number of alkyl carbamates (subject to hydrolysis) is 1. The predicted molar refractivity (Wildman–Crippen MR) is 127 cm³/mol. The molecule has 0 radical (unpaired) electrons. The fraction of sp³-hybridized carbons (Fsp3) is 0.640. The predicted octanol–water partition coefficient (Wildman–Crippen LogP) is 2.01. The van der Waals surface area contributed by atoms with Crippen LogP contribution in [0, 0.1) is 11.2 Å². The fourth-order valence-corrected chi connectivity index (χ4v) is 5.45. The fourth-order valence-electron chi connectivity index (χ4n) is 5.45. The van der Waals surface area contributed by atoms with Gasteiger partial charge in [0, 0.05) is 57.4 Å². The lowest BCUT2D eigenvalue weighted by Gasteiger charge is -2.41. The molecule has 2 atom stereocenters. The summed E-state index contributed by atoms with van der Waals surface area (Å²) in [5.41, 5.74) is 0.528. The average molecular weight is 491 g/mol. The zero-order valence-corrected chi connectivity index (χ0v) is 20.5. The van der Waals surface area contributed by atoms with Gasteiger partial charge in [-0.05, 0) is 50.5 Å². The first kappa shape index (κ1) is 25.2. The number of amides is 2. The quantitative estimate of drug-likeness (QED) is 0.610. The molecule has 0 aliphatic carbocycles. The summed E-state index contributed by atoms with van der Waals surface area (Å²) in [7, 11) is 1.25. The van der Waals surface area contributed by atoms with Gasteiger partial charge < -0.3 is 24.6 Å². The number of halogens is 1. The van der Waals surface area contributed by atoms with Crippen LogP contribution in [0.2, 0.25) is 0 Å². The molecule has 0 unspecified atom stereocenters. The van der Waals surface area contributed by atoms with Crippen LogP contribution in [-0.4, -0.2) is 92.8 Å². The van der Waals surface area contributed by atoms with E-state index in [1.54, 1.807) is 4.90 Å². The summed E-state index contributed by atoms with van der Waals surface area (Å²) in [6.45, 7) is 6.54. The van der Waals surface area contributed by atoms with Crippen LogP contribution in [0.4, 0.5) is 14.9 Å². The lowest BCUT2D eigenvalue weighted by atomic mass is 9.75. The van der Waals surface area contributed by atoms with E-state index < -0.39 is 11.5 Å². The molecule has 1 aromatic carbocycles. The van der Waals surface area contributed by atoms with Gasteiger partial charge in [0.05, 0.1) is 12.5 Å². The van der Waals surface area contributed by atoms with E-state index in [2.05, 4.69) is 26.8 Å². The molecule has 2 amide bonds. The maximum Gasteiger partial charge on any atom is 0.407 e. The second-order valence-corrected chi connectivity index (χ2v) is 9.83. The van der Waals surface area contributed by atoms with Crippen LogP contribution in [0.15, 0.2) is 24.3 Å². The lowest BCUT2D eigenvalue weighted by Crippen LogP contribution is -2.52. The van der Waals surface area contributed by atoms with Crippen molar-refractivity contribution in [2.24, 2.45) is 5.41 Å². The highest BCUT2D eigenvalue weighted by Crippen LogP contribution is 2.44. The Bertz CT molecular complexity index is 919. The van der Waals surface area contributed by atoms with Crippen molar-refractivity contribution in [3.05, 3.63) is 30.1 Å². The van der Waals surface area contributed by atoms with Crippen LogP contribution in [-0.2, 0) is 19.1 Å². The summed E-state index contributed by atoms with van der Waals surface area (Å²) in [4.78, 5) is 42.7. The molecule has 3 saturated heterocycles. The molecule has 4 rings (SSSR count). The highest BCUT2D eigenvalue weighted by molar-refractivity contribution is 5.83. The second kappa shape index (κ2) is 10.8. The third-order valence-electron chi connectivity index (χ3n) is 7.66. The summed E-state index contributed by atoms with van der Waals surface area (Å²) in [6.07, 6.45) is 1.91. The Labute approximate surface area is 205 Å². The van der Waals surface area contributed by atoms with Crippen molar-refractivity contribution in [2.75, 3.05) is 57.8 Å². The number of anilines is 1. The van der Waals surface area contributed by atoms with E-state index in [9.17, 15) is 18.8 Å². The summed E-state index contributed by atoms with van der Waals surface area (Å²) < 4.78 is 23.5. The number of cyclic esters (lactones) is 1. The van der Waals surface area contributed by atoms with Gasteiger partial charge >= 0.3 is 12.1 Å². The summed E-state index contributed by atoms with van der Waals surface area (Å²) in [6, 6.07) is 6.98. The zero-order chi connectivity index (χ0) is 25.0. The topological polar surface area (TPSA) is 91.4 Å². The number of nitrogens with zero attached hydrogens (tertiary/aromatic N) is 3. The Morgan fingerprint density at radius 3 is 2.54 bits per heavy atom. The molecule has 0 bridgehead atoms. The van der Waals surface area contributed by atoms with E-state index >= 15 is 0 Å². The second-order valence-electron chi connectivity index (χ2n) is 9.83. The Kier molecular flexibility index (Phi) is 7.78. The number of methoxy groups -OCH3 is 1. The number of likely N-dealkylation sites (tertiary alicyclic amines) is 1. The van der Waals surface area contributed by atoms with Gasteiger partial charge in [0.2, 0.25) is 5.91 Å². The van der Waals surface area contributed by atoms with Gasteiger partial charge in [0.15, 0.2) is 0 Å². The van der Waals surface area contributed by atoms with Crippen LogP contribution in [0.5, 0.6) is 0 Å². The highest BCUT2D eigenvalue weighted by Gasteiger charge is 2.50. The summed E-state index contributed by atoms with van der Waals surface area (Å²) >= 11 is 0. The minimum atomic E-state index is -0.639. The van der Waals surface area contributed by atoms with Gasteiger partial charge in [0.25, 0.3) is 0 Å². The molecule has 9 nitrogen and oxygen atoms in total. The lowest BCUT2D eigenvalue weighted by molar-refractivity contribution is -0.152. The molecule has 1 N–H and O–H groups in total. The Morgan fingerprint density at radius 1 is 1.17 bits per heavy atom. The molecular formula is C25H35FN4O5. The molecule has 3 aliphatic heterocycles. The molecule has 1 spiro atoms. The first-order valence-corrected chi connectivity index (χ1v) is 12.3. The summed E-state index contributed by atoms with van der Waals surface area (Å²) in [5, 5.41) is 2.41. The van der Waals surface area contributed by atoms with Crippen LogP contribution >= 0.6 is 0 Å². The van der Waals surface area contributed by atoms with E-state index in [0.29, 0.717) is 38.4 Å². The largest absolute Gasteiger partial charge is 0.462 e. The molecule has 3 aliphatic rings. The van der Waals surface area contributed by atoms with E-state index in [1.165, 1.54) is 19.2 Å². The molecule has 35 heavy (non-hydrogen) atoms. The molecule has 192 valence electrons. The normalized spacial score (nSPS) is 24.4. The number of hydrogen-bond donors (Lipinski definition) is 1. The third kappa shape index (κ3) is 5.86. The van der Waals surface area contributed by atoms with Crippen LogP contribution in [0.1, 0.15) is 32.6 Å². The zero-order valence-electron chi connectivity index (χ0n) is 20.5. The van der Waals surface area contributed by atoms with Crippen molar-refractivity contribution in [1.29, 1.82) is 0 Å². The van der Waals surface area contributed by atoms with E-state index in [4.69, 9.17) is 4.74 Å². The molecule has 10 heteroatoms. The van der Waals surface area contributed by atoms with Crippen LogP contribution in [0.3, 0.4) is 0 Å². The van der Waals surface area contributed by atoms with Crippen molar-refractivity contribution in [2.45, 2.75) is 44.8 Å². The average Bonchev–Trinajstić information content (AvgIpc) is 3.16. The summed E-state index contributed by atoms with van der Waals surface area (Å²) in [5.74, 6) is -0.546. The number of nitrogens with one attached hydrogen (secondary N) is 1. The third-order valence-corrected chi connectivity index (χ3v) is 7.66. The Hall–Kier alpha value is -2.88. The maximum absolute atomic E-state index is 13.2. The SMILES string of the molecule is COC(=O)NCC(=O)N1CCC2(CC1)C[C@H](CCN1CCN(c3ccc(F)cc3)C[C@H]1C)OC2=O. The number of esters is 1. The van der Waals surface area contributed by atoms with Gasteiger partial charge in [-0.3, -0.25) is 14.5 Å². The number of carbonyl (C=O) groups is 3. The van der Waals surface area contributed by atoms with Gasteiger partial charge in [-0.15, -0.1) is 0 Å². The number of piperazine rings is 1. The van der Waals surface area contributed by atoms with E-state index in [-0.39, 0.29) is 30.3 Å². The smallest absolute Gasteiger partial charge is 0.407 e. The standard InChI is InChI=1S/C25H35FN4O5/c1-18-17-30(20-5-3-19(26)4-6-20)14-13-28(18)10-7-21-15-25(23(32)35-21)8-11-29(12-9-25)22(31)16-27-24(33)34-2/h3-6,18,21H,7-17H2,1-2H3,(H,27,33)/t18-,21+/m1/s1. The van der Waals surface area contributed by atoms with Crippen molar-refractivity contribution >= 4 is 23.7 Å². The molecule has 3 fully saturated rings. The minimum absolute atomic E-state index is 0.104. The van der Waals surface area contributed by atoms with Crippen molar-refractivity contribution in [1.82, 2.24) is 15.1 Å². The van der Waals surface area contributed by atoms with E-state index in [1.807, 2.05) is 12.1 Å². The van der Waals surface area contributed by atoms with Crippen molar-refractivity contribution in [3.8, 4) is 0 Å². The van der Waals surface area contributed by atoms with Crippen LogP contribution in [0.25, 0.3) is 0 Å². The van der Waals surface area contributed by atoms with E-state index in [0.717, 1.165) is 38.3 Å². The van der Waals surface area contributed by atoms with Gasteiger partial charge in [-0.1, -0.05) is 0 Å². The van der Waals surface area contributed by atoms with Crippen LogP contribution < -0.4 is 10.2 Å². The Morgan fingerprint density at radius 2 is 1.89 bits per heavy atom. The maximum atomic E-state index is 13.2. The first-order chi connectivity index (χ1) is 16.8. The monoisotopic (exact) mass is 490 g/mol. The molecular weight excluding hydrogens is 455 g/mol. The molecule has 3 heterocycles. The number of rotatable bonds is 6. The number of hydrogen-bond acceptors (Lipinski definition) is 7. The molecule has 0 aromatic heterocycles. The number of piperidine rings is 1. The van der Waals surface area contributed by atoms with Crippen molar-refractivity contribution < 1.29 is 28.2 Å². The Balaban J connectivity index is 1.22. The highest BCUT2D eigenvalue weighted by atomic mass is 19.1. The molecule has 1 aromatic rings. The first-order valence-electron chi connectivity index (χ1n) is 12.3. The number of ether oxygens (including phenoxy) is 2. The van der Waals surface area contributed by atoms with Gasteiger partial charge in [0.1, 0.15) is 18.5 Å². The number of carbonyl (C=O) groups excluding carboxylic acids is 3. The number of benzene rings is 1. The van der Waals surface area contributed by atoms with Gasteiger partial charge in [-0.25, -0.2) is 9.18 Å².